The van der Waals surface area contributed by atoms with Gasteiger partial charge in [-0.15, -0.1) is 0 Å². The Labute approximate surface area is 214 Å². The van der Waals surface area contributed by atoms with Gasteiger partial charge in [0.15, 0.2) is 0 Å². The van der Waals surface area contributed by atoms with Crippen molar-refractivity contribution in [2.45, 2.75) is 31.3 Å². The van der Waals surface area contributed by atoms with Gasteiger partial charge < -0.3 is 25.2 Å². The van der Waals surface area contributed by atoms with E-state index < -0.39 is 12.1 Å². The van der Waals surface area contributed by atoms with Gasteiger partial charge in [0.2, 0.25) is 11.8 Å². The second-order valence-electron chi connectivity index (χ2n) is 9.70. The first-order chi connectivity index (χ1) is 18.0. The average molecular weight is 496 g/mol. The molecule has 188 valence electrons. The lowest BCUT2D eigenvalue weighted by atomic mass is 9.86. The van der Waals surface area contributed by atoms with E-state index in [2.05, 4.69) is 17.1 Å². The number of aryl methyl sites for hydroxylation is 1. The Morgan fingerprint density at radius 3 is 2.59 bits per heavy atom. The maximum absolute atomic E-state index is 13.8. The van der Waals surface area contributed by atoms with Crippen LogP contribution in [0.25, 0.3) is 10.9 Å². The van der Waals surface area contributed by atoms with Crippen molar-refractivity contribution in [1.82, 2.24) is 14.8 Å². The van der Waals surface area contributed by atoms with Crippen molar-refractivity contribution >= 4 is 28.4 Å². The fourth-order valence-electron chi connectivity index (χ4n) is 5.79. The highest BCUT2D eigenvalue weighted by atomic mass is 16.8. The molecule has 3 aromatic carbocycles. The van der Waals surface area contributed by atoms with Gasteiger partial charge in [-0.3, -0.25) is 14.8 Å². The van der Waals surface area contributed by atoms with Gasteiger partial charge in [0.25, 0.3) is 0 Å². The largest absolute Gasteiger partial charge is 0.733 e. The standard InChI is InChI=1S/C29H27N4O4/c34-26-18-31(15-7-10-19-8-2-1-3-9-19)29(35)25-17-23-22-13-4-5-14-24(22)30-27(23)28(32(25)26)20-11-6-12-21(16-20)33(36)37/h1-6,8-9,11-14,16,25,28,30,36H,7,10,15,17-18H2/q-1/t25-,28?/m0/s1. The Hall–Kier alpha value is -4.14. The van der Waals surface area contributed by atoms with E-state index in [0.29, 0.717) is 18.5 Å². The first-order valence-electron chi connectivity index (χ1n) is 12.5. The molecule has 0 spiro atoms. The average Bonchev–Trinajstić information content (AvgIpc) is 3.29. The molecular weight excluding hydrogens is 468 g/mol. The van der Waals surface area contributed by atoms with E-state index in [1.807, 2.05) is 48.5 Å². The van der Waals surface area contributed by atoms with Gasteiger partial charge in [0.05, 0.1) is 18.3 Å². The Morgan fingerprint density at radius 2 is 1.78 bits per heavy atom. The number of fused-ring (bicyclic) bond motifs is 4. The van der Waals surface area contributed by atoms with Crippen molar-refractivity contribution in [3.63, 3.8) is 0 Å². The zero-order chi connectivity index (χ0) is 25.5. The second kappa shape index (κ2) is 9.38. The van der Waals surface area contributed by atoms with E-state index in [1.54, 1.807) is 21.9 Å². The molecule has 2 amide bonds. The van der Waals surface area contributed by atoms with E-state index in [4.69, 9.17) is 0 Å². The highest BCUT2D eigenvalue weighted by Crippen LogP contribution is 2.43. The summed E-state index contributed by atoms with van der Waals surface area (Å²) in [5.74, 6) is -0.190. The summed E-state index contributed by atoms with van der Waals surface area (Å²) in [6, 6.07) is 23.4. The third-order valence-electron chi connectivity index (χ3n) is 7.49. The highest BCUT2D eigenvalue weighted by molar-refractivity contribution is 5.97. The number of piperazine rings is 1. The lowest BCUT2D eigenvalue weighted by Crippen LogP contribution is -2.63. The molecule has 4 aromatic rings. The highest BCUT2D eigenvalue weighted by Gasteiger charge is 2.48. The van der Waals surface area contributed by atoms with Crippen molar-refractivity contribution < 1.29 is 14.8 Å². The minimum Gasteiger partial charge on any atom is -0.733 e. The van der Waals surface area contributed by atoms with Crippen molar-refractivity contribution in [3.8, 4) is 0 Å². The van der Waals surface area contributed by atoms with Crippen LogP contribution < -0.4 is 5.23 Å². The van der Waals surface area contributed by atoms with Crippen LogP contribution in [0.4, 0.5) is 5.69 Å². The Bertz CT molecular complexity index is 1470. The molecule has 3 heterocycles. The molecule has 1 aromatic heterocycles. The van der Waals surface area contributed by atoms with E-state index in [1.165, 1.54) is 11.6 Å². The number of H-pyrrole nitrogens is 1. The third-order valence-corrected chi connectivity index (χ3v) is 7.49. The summed E-state index contributed by atoms with van der Waals surface area (Å²) in [7, 11) is 0. The maximum Gasteiger partial charge on any atom is 0.246 e. The summed E-state index contributed by atoms with van der Waals surface area (Å²) in [5.41, 5.74) is 4.70. The number of nitrogens with zero attached hydrogens (tertiary/aromatic N) is 3. The SMILES string of the molecule is O=C1[C@@H]2Cc3c([nH]c4ccccc34)C(c3cccc(N([O-])O)c3)N2C(=O)CN1CCCc1ccccc1. The molecule has 37 heavy (non-hydrogen) atoms. The Kier molecular flexibility index (Phi) is 5.90. The van der Waals surface area contributed by atoms with E-state index in [-0.39, 0.29) is 29.3 Å². The summed E-state index contributed by atoms with van der Waals surface area (Å²) in [6.45, 7) is 0.532. The summed E-state index contributed by atoms with van der Waals surface area (Å²) in [5, 5.41) is 22.0. The Morgan fingerprint density at radius 1 is 1.00 bits per heavy atom. The predicted molar refractivity (Wildman–Crippen MR) is 140 cm³/mol. The number of hydrogen-bond acceptors (Lipinski definition) is 5. The fraction of sp³-hybridized carbons (Fsp3) is 0.241. The molecule has 0 saturated carbocycles. The van der Waals surface area contributed by atoms with Gasteiger partial charge in [0, 0.05) is 29.6 Å². The number of carbonyl (C=O) groups excluding carboxylic acids is 2. The van der Waals surface area contributed by atoms with Gasteiger partial charge in [-0.2, -0.15) is 0 Å². The molecule has 0 bridgehead atoms. The van der Waals surface area contributed by atoms with Crippen LogP contribution in [-0.2, 0) is 22.4 Å². The van der Waals surface area contributed by atoms with E-state index in [9.17, 15) is 20.0 Å². The maximum atomic E-state index is 13.8. The number of benzene rings is 3. The number of aromatic amines is 1. The van der Waals surface area contributed by atoms with Crippen molar-refractivity contribution in [3.05, 3.63) is 106 Å². The number of amides is 2. The van der Waals surface area contributed by atoms with Crippen molar-refractivity contribution in [1.29, 1.82) is 0 Å². The summed E-state index contributed by atoms with van der Waals surface area (Å²) >= 11 is 0. The van der Waals surface area contributed by atoms with Crippen LogP contribution in [-0.4, -0.2) is 50.9 Å². The molecule has 2 aliphatic heterocycles. The van der Waals surface area contributed by atoms with Gasteiger partial charge in [-0.25, -0.2) is 0 Å². The molecule has 8 nitrogen and oxygen atoms in total. The zero-order valence-corrected chi connectivity index (χ0v) is 20.2. The number of carbonyl (C=O) groups is 2. The molecule has 2 aliphatic rings. The van der Waals surface area contributed by atoms with E-state index in [0.717, 1.165) is 35.0 Å². The van der Waals surface area contributed by atoms with Gasteiger partial charge >= 0.3 is 0 Å². The molecule has 0 aliphatic carbocycles. The number of hydrogen-bond donors (Lipinski definition) is 2. The van der Waals surface area contributed by atoms with Gasteiger partial charge in [-0.05, 0) is 47.7 Å². The first kappa shape index (κ1) is 23.3. The van der Waals surface area contributed by atoms with Crippen molar-refractivity contribution in [2.75, 3.05) is 18.3 Å². The van der Waals surface area contributed by atoms with Crippen LogP contribution in [0.2, 0.25) is 0 Å². The molecule has 1 saturated heterocycles. The molecular formula is C29H27N4O4-. The molecule has 2 atom stereocenters. The minimum absolute atomic E-state index is 0.0174. The molecule has 8 heteroatoms. The number of para-hydroxylation sites is 1. The number of nitrogens with one attached hydrogen (secondary N) is 1. The van der Waals surface area contributed by atoms with Crippen molar-refractivity contribution in [2.24, 2.45) is 0 Å². The van der Waals surface area contributed by atoms with Crippen LogP contribution in [0.3, 0.4) is 0 Å². The molecule has 2 N–H and O–H groups in total. The molecule has 0 radical (unpaired) electrons. The summed E-state index contributed by atoms with van der Waals surface area (Å²) in [4.78, 5) is 34.3. The first-order valence-corrected chi connectivity index (χ1v) is 12.5. The van der Waals surface area contributed by atoms with E-state index >= 15 is 0 Å². The topological polar surface area (TPSA) is 103 Å². The zero-order valence-electron chi connectivity index (χ0n) is 20.2. The fourth-order valence-corrected chi connectivity index (χ4v) is 5.79. The second-order valence-corrected chi connectivity index (χ2v) is 9.70. The quantitative estimate of drug-likeness (QED) is 0.391. The van der Waals surface area contributed by atoms with Crippen LogP contribution >= 0.6 is 0 Å². The summed E-state index contributed by atoms with van der Waals surface area (Å²) in [6.07, 6.45) is 2.03. The predicted octanol–water partition coefficient (Wildman–Crippen LogP) is 4.18. The van der Waals surface area contributed by atoms with Crippen LogP contribution in [0.15, 0.2) is 78.9 Å². The lowest BCUT2D eigenvalue weighted by Gasteiger charge is -2.47. The van der Waals surface area contributed by atoms with Gasteiger partial charge in [0.1, 0.15) is 6.04 Å². The lowest BCUT2D eigenvalue weighted by molar-refractivity contribution is -0.158. The molecule has 6 rings (SSSR count). The van der Waals surface area contributed by atoms with Gasteiger partial charge in [-0.1, -0.05) is 60.7 Å². The van der Waals surface area contributed by atoms with Crippen LogP contribution in [0.5, 0.6) is 0 Å². The minimum atomic E-state index is -0.643. The molecule has 1 unspecified atom stereocenters. The summed E-state index contributed by atoms with van der Waals surface area (Å²) < 4.78 is 0. The monoisotopic (exact) mass is 495 g/mol. The Balaban J connectivity index is 1.36. The number of aromatic nitrogens is 1. The number of rotatable bonds is 6. The number of anilines is 1. The smallest absolute Gasteiger partial charge is 0.246 e. The molecule has 1 fully saturated rings. The van der Waals surface area contributed by atoms with Crippen LogP contribution in [0, 0.1) is 5.21 Å². The third kappa shape index (κ3) is 4.14. The normalized spacial score (nSPS) is 19.2. The van der Waals surface area contributed by atoms with Crippen LogP contribution in [0.1, 0.15) is 34.8 Å².